The molecule has 1 aliphatic rings. The average Bonchev–Trinajstić information content (AvgIpc) is 3.06. The maximum Gasteiger partial charge on any atom is 0.338 e. The maximum atomic E-state index is 12.3. The maximum absolute atomic E-state index is 12.3. The lowest BCUT2D eigenvalue weighted by Crippen LogP contribution is -2.21. The molecule has 1 amide bonds. The SMILES string of the molecule is Cc1ccc(S(C)(=O)=O)cc1C(=O)OCC(=O)Nc1ccc2c(c1)CCC2. The van der Waals surface area contributed by atoms with Crippen LogP contribution in [0.3, 0.4) is 0 Å². The van der Waals surface area contributed by atoms with Gasteiger partial charge in [0.1, 0.15) is 0 Å². The molecule has 0 radical (unpaired) electrons. The van der Waals surface area contributed by atoms with Crippen molar-refractivity contribution in [3.05, 3.63) is 58.7 Å². The molecule has 0 saturated heterocycles. The molecule has 0 fully saturated rings. The van der Waals surface area contributed by atoms with Gasteiger partial charge in [-0.05, 0) is 67.1 Å². The summed E-state index contributed by atoms with van der Waals surface area (Å²) < 4.78 is 28.4. The Morgan fingerprint density at radius 1 is 1.07 bits per heavy atom. The molecule has 7 heteroatoms. The Balaban J connectivity index is 1.63. The number of hydrogen-bond donors (Lipinski definition) is 1. The number of carbonyl (C=O) groups is 2. The van der Waals surface area contributed by atoms with Crippen molar-refractivity contribution in [3.8, 4) is 0 Å². The molecule has 0 saturated carbocycles. The second-order valence-electron chi connectivity index (χ2n) is 6.71. The second kappa shape index (κ2) is 7.52. The number of rotatable bonds is 5. The number of nitrogens with one attached hydrogen (secondary N) is 1. The normalized spacial score (nSPS) is 13.1. The van der Waals surface area contributed by atoms with Gasteiger partial charge >= 0.3 is 5.97 Å². The van der Waals surface area contributed by atoms with Gasteiger partial charge in [-0.25, -0.2) is 13.2 Å². The fourth-order valence-electron chi connectivity index (χ4n) is 3.11. The van der Waals surface area contributed by atoms with E-state index in [-0.39, 0.29) is 10.5 Å². The number of sulfone groups is 1. The van der Waals surface area contributed by atoms with Crippen LogP contribution < -0.4 is 5.32 Å². The molecule has 0 aliphatic heterocycles. The number of fused-ring (bicyclic) bond motifs is 1. The number of benzene rings is 2. The minimum Gasteiger partial charge on any atom is -0.452 e. The van der Waals surface area contributed by atoms with Crippen molar-refractivity contribution in [2.24, 2.45) is 0 Å². The zero-order valence-electron chi connectivity index (χ0n) is 15.2. The molecule has 27 heavy (non-hydrogen) atoms. The monoisotopic (exact) mass is 387 g/mol. The first-order valence-corrected chi connectivity index (χ1v) is 10.5. The Kier molecular flexibility index (Phi) is 5.32. The lowest BCUT2D eigenvalue weighted by Gasteiger charge is -2.10. The molecular formula is C20H21NO5S. The number of hydrogen-bond acceptors (Lipinski definition) is 5. The van der Waals surface area contributed by atoms with Crippen LogP contribution >= 0.6 is 0 Å². The van der Waals surface area contributed by atoms with E-state index < -0.39 is 28.3 Å². The first-order chi connectivity index (χ1) is 12.7. The number of aryl methyl sites for hydroxylation is 3. The van der Waals surface area contributed by atoms with Gasteiger partial charge in [-0.2, -0.15) is 0 Å². The van der Waals surface area contributed by atoms with Crippen molar-refractivity contribution in [3.63, 3.8) is 0 Å². The van der Waals surface area contributed by atoms with E-state index in [4.69, 9.17) is 4.74 Å². The van der Waals surface area contributed by atoms with Gasteiger partial charge in [-0.15, -0.1) is 0 Å². The Bertz CT molecular complexity index is 1010. The number of amides is 1. The Morgan fingerprint density at radius 3 is 2.56 bits per heavy atom. The predicted molar refractivity (Wildman–Crippen MR) is 102 cm³/mol. The number of ether oxygens (including phenoxy) is 1. The Labute approximate surface area is 158 Å². The van der Waals surface area contributed by atoms with E-state index in [1.807, 2.05) is 18.2 Å². The minimum atomic E-state index is -3.44. The quantitative estimate of drug-likeness (QED) is 0.797. The molecule has 6 nitrogen and oxygen atoms in total. The van der Waals surface area contributed by atoms with E-state index in [1.165, 1.54) is 29.3 Å². The number of esters is 1. The van der Waals surface area contributed by atoms with Gasteiger partial charge < -0.3 is 10.1 Å². The van der Waals surface area contributed by atoms with Crippen molar-refractivity contribution >= 4 is 27.4 Å². The Morgan fingerprint density at radius 2 is 1.81 bits per heavy atom. The first kappa shape index (κ1) is 19.1. The van der Waals surface area contributed by atoms with E-state index in [1.54, 1.807) is 6.92 Å². The van der Waals surface area contributed by atoms with Crippen LogP contribution in [0.5, 0.6) is 0 Å². The van der Waals surface area contributed by atoms with Crippen LogP contribution in [-0.4, -0.2) is 33.2 Å². The highest BCUT2D eigenvalue weighted by atomic mass is 32.2. The van der Waals surface area contributed by atoms with Crippen molar-refractivity contribution in [2.75, 3.05) is 18.2 Å². The summed E-state index contributed by atoms with van der Waals surface area (Å²) in [6.07, 6.45) is 4.25. The van der Waals surface area contributed by atoms with Crippen LogP contribution in [0, 0.1) is 6.92 Å². The number of anilines is 1. The van der Waals surface area contributed by atoms with Crippen LogP contribution in [0.25, 0.3) is 0 Å². The standard InChI is InChI=1S/C20H21NO5S/c1-13-6-9-17(27(2,24)25)11-18(13)20(23)26-12-19(22)21-16-8-7-14-4-3-5-15(14)10-16/h6-11H,3-5,12H2,1-2H3,(H,21,22). The van der Waals surface area contributed by atoms with Crippen LogP contribution in [0.1, 0.15) is 33.5 Å². The van der Waals surface area contributed by atoms with E-state index in [0.29, 0.717) is 11.3 Å². The third kappa shape index (κ3) is 4.54. The van der Waals surface area contributed by atoms with E-state index in [2.05, 4.69) is 5.32 Å². The van der Waals surface area contributed by atoms with Crippen molar-refractivity contribution < 1.29 is 22.7 Å². The predicted octanol–water partition coefficient (Wildman–Crippen LogP) is 2.68. The molecule has 0 unspecified atom stereocenters. The van der Waals surface area contributed by atoms with Crippen molar-refractivity contribution in [1.29, 1.82) is 0 Å². The van der Waals surface area contributed by atoms with Crippen LogP contribution in [0.4, 0.5) is 5.69 Å². The van der Waals surface area contributed by atoms with Crippen molar-refractivity contribution in [1.82, 2.24) is 0 Å². The van der Waals surface area contributed by atoms with Gasteiger partial charge in [0.25, 0.3) is 5.91 Å². The molecule has 1 N–H and O–H groups in total. The van der Waals surface area contributed by atoms with Gasteiger partial charge in [0.15, 0.2) is 16.4 Å². The molecule has 2 aromatic rings. The van der Waals surface area contributed by atoms with Crippen LogP contribution in [-0.2, 0) is 32.2 Å². The molecule has 0 atom stereocenters. The highest BCUT2D eigenvalue weighted by Crippen LogP contribution is 2.24. The van der Waals surface area contributed by atoms with Gasteiger partial charge in [-0.3, -0.25) is 4.79 Å². The molecule has 0 bridgehead atoms. The highest BCUT2D eigenvalue weighted by Gasteiger charge is 2.17. The van der Waals surface area contributed by atoms with E-state index in [0.717, 1.165) is 25.5 Å². The summed E-state index contributed by atoms with van der Waals surface area (Å²) in [5.41, 5.74) is 3.92. The minimum absolute atomic E-state index is 0.0302. The molecule has 1 aliphatic carbocycles. The first-order valence-electron chi connectivity index (χ1n) is 8.63. The van der Waals surface area contributed by atoms with Gasteiger partial charge in [-0.1, -0.05) is 12.1 Å². The zero-order valence-corrected chi connectivity index (χ0v) is 16.1. The smallest absolute Gasteiger partial charge is 0.338 e. The summed E-state index contributed by atoms with van der Waals surface area (Å²) in [6.45, 7) is 1.23. The fourth-order valence-corrected chi connectivity index (χ4v) is 3.75. The Hall–Kier alpha value is -2.67. The highest BCUT2D eigenvalue weighted by molar-refractivity contribution is 7.90. The van der Waals surface area contributed by atoms with Gasteiger partial charge in [0.05, 0.1) is 10.5 Å². The van der Waals surface area contributed by atoms with Gasteiger partial charge in [0, 0.05) is 11.9 Å². The average molecular weight is 387 g/mol. The second-order valence-corrected chi connectivity index (χ2v) is 8.73. The largest absolute Gasteiger partial charge is 0.452 e. The third-order valence-electron chi connectivity index (χ3n) is 4.57. The molecular weight excluding hydrogens is 366 g/mol. The molecule has 142 valence electrons. The van der Waals surface area contributed by atoms with E-state index >= 15 is 0 Å². The number of carbonyl (C=O) groups excluding carboxylic acids is 2. The molecule has 0 spiro atoms. The summed E-state index contributed by atoms with van der Waals surface area (Å²) in [5, 5.41) is 2.72. The fraction of sp³-hybridized carbons (Fsp3) is 0.300. The summed E-state index contributed by atoms with van der Waals surface area (Å²) in [6, 6.07) is 10.0. The molecule has 3 rings (SSSR count). The van der Waals surface area contributed by atoms with Crippen LogP contribution in [0.15, 0.2) is 41.3 Å². The summed E-state index contributed by atoms with van der Waals surface area (Å²) in [4.78, 5) is 24.4. The summed E-state index contributed by atoms with van der Waals surface area (Å²) in [5.74, 6) is -1.18. The lowest BCUT2D eigenvalue weighted by atomic mass is 10.1. The van der Waals surface area contributed by atoms with E-state index in [9.17, 15) is 18.0 Å². The van der Waals surface area contributed by atoms with Crippen molar-refractivity contribution in [2.45, 2.75) is 31.1 Å². The summed E-state index contributed by atoms with van der Waals surface area (Å²) in [7, 11) is -3.44. The van der Waals surface area contributed by atoms with Crippen LogP contribution in [0.2, 0.25) is 0 Å². The van der Waals surface area contributed by atoms with Gasteiger partial charge in [0.2, 0.25) is 0 Å². The lowest BCUT2D eigenvalue weighted by molar-refractivity contribution is -0.119. The summed E-state index contributed by atoms with van der Waals surface area (Å²) >= 11 is 0. The third-order valence-corrected chi connectivity index (χ3v) is 5.68. The topological polar surface area (TPSA) is 89.5 Å². The zero-order chi connectivity index (χ0) is 19.6. The molecule has 2 aromatic carbocycles. The molecule has 0 heterocycles. The molecule has 0 aromatic heterocycles.